The summed E-state index contributed by atoms with van der Waals surface area (Å²) in [5.74, 6) is 2.55. The van der Waals surface area contributed by atoms with Crippen molar-refractivity contribution in [2.24, 2.45) is 11.8 Å². The standard InChI is InChI=1S/C22H34/c1-4-18(5-2)12-13-19-14-16-21(17-15-19)22(6-3)20-10-8-7-9-11-20/h7-11,16,18-19,22H,4-6,12-15,17H2,1-3H3. The summed E-state index contributed by atoms with van der Waals surface area (Å²) < 4.78 is 0. The Labute approximate surface area is 138 Å². The largest absolute Gasteiger partial charge is 0.0844 e. The van der Waals surface area contributed by atoms with Gasteiger partial charge in [0.1, 0.15) is 0 Å². The molecule has 2 unspecified atom stereocenters. The second kappa shape index (κ2) is 9.18. The molecule has 0 aromatic heterocycles. The summed E-state index contributed by atoms with van der Waals surface area (Å²) >= 11 is 0. The Morgan fingerprint density at radius 2 is 1.73 bits per heavy atom. The fourth-order valence-corrected chi connectivity index (χ4v) is 4.05. The molecule has 1 aliphatic rings. The second-order valence-electron chi connectivity index (χ2n) is 7.05. The number of hydrogen-bond acceptors (Lipinski definition) is 0. The van der Waals surface area contributed by atoms with E-state index in [1.54, 1.807) is 5.57 Å². The predicted molar refractivity (Wildman–Crippen MR) is 98.2 cm³/mol. The van der Waals surface area contributed by atoms with Crippen LogP contribution in [0.2, 0.25) is 0 Å². The Morgan fingerprint density at radius 1 is 1.00 bits per heavy atom. The highest BCUT2D eigenvalue weighted by Gasteiger charge is 2.21. The lowest BCUT2D eigenvalue weighted by Gasteiger charge is -2.28. The molecule has 0 aliphatic heterocycles. The molecule has 0 saturated carbocycles. The highest BCUT2D eigenvalue weighted by molar-refractivity contribution is 5.29. The van der Waals surface area contributed by atoms with Crippen molar-refractivity contribution < 1.29 is 0 Å². The van der Waals surface area contributed by atoms with Gasteiger partial charge in [0, 0.05) is 5.92 Å². The smallest absolute Gasteiger partial charge is 0.00455 e. The lowest BCUT2D eigenvalue weighted by atomic mass is 9.78. The lowest BCUT2D eigenvalue weighted by Crippen LogP contribution is -2.12. The topological polar surface area (TPSA) is 0 Å². The van der Waals surface area contributed by atoms with Gasteiger partial charge in [-0.25, -0.2) is 0 Å². The second-order valence-corrected chi connectivity index (χ2v) is 7.05. The molecule has 0 radical (unpaired) electrons. The van der Waals surface area contributed by atoms with Gasteiger partial charge >= 0.3 is 0 Å². The fraction of sp³-hybridized carbons (Fsp3) is 0.636. The van der Waals surface area contributed by atoms with E-state index in [0.29, 0.717) is 5.92 Å². The fourth-order valence-electron chi connectivity index (χ4n) is 4.05. The van der Waals surface area contributed by atoms with E-state index < -0.39 is 0 Å². The predicted octanol–water partition coefficient (Wildman–Crippen LogP) is 7.12. The number of rotatable bonds is 8. The highest BCUT2D eigenvalue weighted by Crippen LogP contribution is 2.37. The SMILES string of the molecule is CCC(CC)CCC1CC=C(C(CC)c2ccccc2)CC1. The molecule has 0 fully saturated rings. The molecule has 22 heavy (non-hydrogen) atoms. The van der Waals surface area contributed by atoms with Crippen LogP contribution in [0.5, 0.6) is 0 Å². The van der Waals surface area contributed by atoms with Crippen LogP contribution >= 0.6 is 0 Å². The molecule has 122 valence electrons. The average Bonchev–Trinajstić information content (AvgIpc) is 2.59. The molecule has 0 saturated heterocycles. The Bertz CT molecular complexity index is 438. The molecule has 1 aromatic rings. The highest BCUT2D eigenvalue weighted by atomic mass is 14.3. The van der Waals surface area contributed by atoms with Crippen LogP contribution in [0.15, 0.2) is 42.0 Å². The van der Waals surface area contributed by atoms with Crippen LogP contribution < -0.4 is 0 Å². The zero-order valence-corrected chi connectivity index (χ0v) is 14.9. The van der Waals surface area contributed by atoms with Gasteiger partial charge in [0.25, 0.3) is 0 Å². The van der Waals surface area contributed by atoms with E-state index in [1.165, 1.54) is 56.9 Å². The number of benzene rings is 1. The molecular weight excluding hydrogens is 264 g/mol. The van der Waals surface area contributed by atoms with Crippen molar-refractivity contribution >= 4 is 0 Å². The van der Waals surface area contributed by atoms with Gasteiger partial charge in [-0.1, -0.05) is 82.0 Å². The summed E-state index contributed by atoms with van der Waals surface area (Å²) in [6, 6.07) is 11.1. The van der Waals surface area contributed by atoms with Crippen molar-refractivity contribution in [3.05, 3.63) is 47.5 Å². The first-order valence-electron chi connectivity index (χ1n) is 9.52. The van der Waals surface area contributed by atoms with Crippen LogP contribution in [0, 0.1) is 11.8 Å². The summed E-state index contributed by atoms with van der Waals surface area (Å²) in [6.07, 6.45) is 13.5. The third-order valence-corrected chi connectivity index (χ3v) is 5.75. The van der Waals surface area contributed by atoms with Crippen molar-refractivity contribution in [2.75, 3.05) is 0 Å². The molecule has 1 aromatic carbocycles. The molecule has 0 amide bonds. The molecule has 0 nitrogen and oxygen atoms in total. The normalized spacial score (nSPS) is 20.0. The Morgan fingerprint density at radius 3 is 2.27 bits per heavy atom. The first kappa shape index (κ1) is 17.3. The maximum atomic E-state index is 2.59. The maximum Gasteiger partial charge on any atom is 0.00455 e. The van der Waals surface area contributed by atoms with Gasteiger partial charge in [-0.2, -0.15) is 0 Å². The average molecular weight is 299 g/mol. The zero-order valence-electron chi connectivity index (χ0n) is 14.9. The molecular formula is C22H34. The molecule has 1 aliphatic carbocycles. The zero-order chi connectivity index (χ0) is 15.8. The van der Waals surface area contributed by atoms with E-state index in [0.717, 1.165) is 11.8 Å². The minimum Gasteiger partial charge on any atom is -0.0844 e. The van der Waals surface area contributed by atoms with Gasteiger partial charge in [-0.15, -0.1) is 0 Å². The minimum absolute atomic E-state index is 0.654. The van der Waals surface area contributed by atoms with E-state index in [2.05, 4.69) is 57.2 Å². The molecule has 0 N–H and O–H groups in total. The van der Waals surface area contributed by atoms with Crippen LogP contribution in [0.1, 0.15) is 83.6 Å². The lowest BCUT2D eigenvalue weighted by molar-refractivity contribution is 0.353. The molecule has 0 heterocycles. The molecule has 2 atom stereocenters. The summed E-state index contributed by atoms with van der Waals surface area (Å²) in [5.41, 5.74) is 3.21. The number of allylic oxidation sites excluding steroid dienone is 2. The third kappa shape index (κ3) is 4.73. The van der Waals surface area contributed by atoms with E-state index in [1.807, 2.05) is 0 Å². The molecule has 0 bridgehead atoms. The van der Waals surface area contributed by atoms with Crippen LogP contribution in [-0.2, 0) is 0 Å². The monoisotopic (exact) mass is 298 g/mol. The molecule has 0 spiro atoms. The number of hydrogen-bond donors (Lipinski definition) is 0. The molecule has 2 rings (SSSR count). The Balaban J connectivity index is 1.90. The summed E-state index contributed by atoms with van der Waals surface area (Å²) in [6.45, 7) is 7.02. The van der Waals surface area contributed by atoms with Gasteiger partial charge in [0.15, 0.2) is 0 Å². The summed E-state index contributed by atoms with van der Waals surface area (Å²) in [7, 11) is 0. The van der Waals surface area contributed by atoms with Gasteiger partial charge < -0.3 is 0 Å². The quantitative estimate of drug-likeness (QED) is 0.448. The van der Waals surface area contributed by atoms with Crippen molar-refractivity contribution in [3.8, 4) is 0 Å². The summed E-state index contributed by atoms with van der Waals surface area (Å²) in [5, 5.41) is 0. The van der Waals surface area contributed by atoms with Crippen molar-refractivity contribution in [3.63, 3.8) is 0 Å². The van der Waals surface area contributed by atoms with E-state index in [4.69, 9.17) is 0 Å². The van der Waals surface area contributed by atoms with Crippen LogP contribution in [-0.4, -0.2) is 0 Å². The van der Waals surface area contributed by atoms with Crippen molar-refractivity contribution in [2.45, 2.75) is 78.1 Å². The van der Waals surface area contributed by atoms with Crippen molar-refractivity contribution in [1.29, 1.82) is 0 Å². The van der Waals surface area contributed by atoms with Gasteiger partial charge in [0.2, 0.25) is 0 Å². The van der Waals surface area contributed by atoms with Gasteiger partial charge in [-0.3, -0.25) is 0 Å². The van der Waals surface area contributed by atoms with Crippen LogP contribution in [0.4, 0.5) is 0 Å². The minimum atomic E-state index is 0.654. The van der Waals surface area contributed by atoms with E-state index in [9.17, 15) is 0 Å². The molecule has 0 heteroatoms. The van der Waals surface area contributed by atoms with Crippen LogP contribution in [0.3, 0.4) is 0 Å². The van der Waals surface area contributed by atoms with Gasteiger partial charge in [0.05, 0.1) is 0 Å². The van der Waals surface area contributed by atoms with Crippen molar-refractivity contribution in [1.82, 2.24) is 0 Å². The Kier molecular flexibility index (Phi) is 7.22. The Hall–Kier alpha value is -1.04. The third-order valence-electron chi connectivity index (χ3n) is 5.75. The van der Waals surface area contributed by atoms with E-state index >= 15 is 0 Å². The summed E-state index contributed by atoms with van der Waals surface area (Å²) in [4.78, 5) is 0. The van der Waals surface area contributed by atoms with Crippen LogP contribution in [0.25, 0.3) is 0 Å². The first-order chi connectivity index (χ1) is 10.8. The maximum absolute atomic E-state index is 2.59. The van der Waals surface area contributed by atoms with Gasteiger partial charge in [-0.05, 0) is 49.5 Å². The van der Waals surface area contributed by atoms with E-state index in [-0.39, 0.29) is 0 Å². The first-order valence-corrected chi connectivity index (χ1v) is 9.52.